The van der Waals surface area contributed by atoms with Gasteiger partial charge in [0.2, 0.25) is 0 Å². The van der Waals surface area contributed by atoms with E-state index in [1.54, 1.807) is 6.92 Å². The van der Waals surface area contributed by atoms with Crippen LogP contribution in [0.4, 0.5) is 5.82 Å². The first-order valence-electron chi connectivity index (χ1n) is 3.01. The monoisotopic (exact) mass is 152 g/mol. The molecule has 0 atom stereocenters. The Hall–Kier alpha value is -1.65. The molecule has 0 aliphatic rings. The first-order valence-corrected chi connectivity index (χ1v) is 3.01. The Morgan fingerprint density at radius 1 is 1.55 bits per heavy atom. The smallest absolute Gasteiger partial charge is 0.252 e. The van der Waals surface area contributed by atoms with E-state index in [2.05, 4.69) is 10.2 Å². The molecule has 5 nitrogen and oxygen atoms in total. The summed E-state index contributed by atoms with van der Waals surface area (Å²) in [5, 5.41) is 7.17. The number of carbonyl (C=O) groups is 1. The number of carbonyl (C=O) groups excluding carboxylic acids is 1. The average Bonchev–Trinajstić information content (AvgIpc) is 1.94. The quantitative estimate of drug-likeness (QED) is 0.565. The number of anilines is 1. The van der Waals surface area contributed by atoms with Crippen LogP contribution in [-0.4, -0.2) is 16.1 Å². The number of hydrogen-bond donors (Lipinski definition) is 2. The van der Waals surface area contributed by atoms with Crippen LogP contribution in [0.2, 0.25) is 0 Å². The number of aryl methyl sites for hydroxylation is 1. The third-order valence-electron chi connectivity index (χ3n) is 1.21. The topological polar surface area (TPSA) is 94.9 Å². The summed E-state index contributed by atoms with van der Waals surface area (Å²) in [6, 6.07) is 1.50. The van der Waals surface area contributed by atoms with E-state index in [1.807, 2.05) is 0 Å². The second-order valence-corrected chi connectivity index (χ2v) is 2.15. The minimum absolute atomic E-state index is 0.0723. The van der Waals surface area contributed by atoms with Crippen molar-refractivity contribution in [3.63, 3.8) is 0 Å². The molecule has 0 spiro atoms. The van der Waals surface area contributed by atoms with E-state index in [0.29, 0.717) is 5.69 Å². The largest absolute Gasteiger partial charge is 0.382 e. The number of nitrogens with two attached hydrogens (primary N) is 2. The van der Waals surface area contributed by atoms with Gasteiger partial charge in [0.05, 0.1) is 11.3 Å². The molecule has 4 N–H and O–H groups in total. The lowest BCUT2D eigenvalue weighted by molar-refractivity contribution is 0.100. The molecule has 58 valence electrons. The van der Waals surface area contributed by atoms with Crippen LogP contribution in [0.1, 0.15) is 16.1 Å². The van der Waals surface area contributed by atoms with Gasteiger partial charge in [-0.1, -0.05) is 0 Å². The molecule has 1 aromatic heterocycles. The van der Waals surface area contributed by atoms with Gasteiger partial charge in [0, 0.05) is 0 Å². The first-order chi connectivity index (χ1) is 5.11. The third-order valence-corrected chi connectivity index (χ3v) is 1.21. The van der Waals surface area contributed by atoms with Gasteiger partial charge in [-0.05, 0) is 13.0 Å². The maximum Gasteiger partial charge on any atom is 0.252 e. The van der Waals surface area contributed by atoms with Crippen molar-refractivity contribution in [2.75, 3.05) is 5.73 Å². The van der Waals surface area contributed by atoms with Crippen molar-refractivity contribution >= 4 is 11.7 Å². The lowest BCUT2D eigenvalue weighted by atomic mass is 10.2. The van der Waals surface area contributed by atoms with Crippen molar-refractivity contribution in [2.45, 2.75) is 6.92 Å². The highest BCUT2D eigenvalue weighted by atomic mass is 16.1. The van der Waals surface area contributed by atoms with Gasteiger partial charge < -0.3 is 11.5 Å². The maximum absolute atomic E-state index is 10.6. The van der Waals surface area contributed by atoms with Crippen LogP contribution in [0, 0.1) is 6.92 Å². The zero-order valence-electron chi connectivity index (χ0n) is 6.03. The Morgan fingerprint density at radius 3 is 2.64 bits per heavy atom. The summed E-state index contributed by atoms with van der Waals surface area (Å²) in [4.78, 5) is 10.6. The number of amides is 1. The third kappa shape index (κ3) is 1.43. The second-order valence-electron chi connectivity index (χ2n) is 2.15. The fraction of sp³-hybridized carbons (Fsp3) is 0.167. The van der Waals surface area contributed by atoms with Crippen LogP contribution in [-0.2, 0) is 0 Å². The van der Waals surface area contributed by atoms with E-state index in [-0.39, 0.29) is 11.4 Å². The van der Waals surface area contributed by atoms with Gasteiger partial charge in [-0.25, -0.2) is 0 Å². The Balaban J connectivity index is 3.23. The molecule has 11 heavy (non-hydrogen) atoms. The molecule has 5 heteroatoms. The van der Waals surface area contributed by atoms with Gasteiger partial charge >= 0.3 is 0 Å². The molecule has 0 bridgehead atoms. The number of hydrogen-bond acceptors (Lipinski definition) is 4. The summed E-state index contributed by atoms with van der Waals surface area (Å²) >= 11 is 0. The molecule has 0 fully saturated rings. The zero-order valence-corrected chi connectivity index (χ0v) is 6.03. The van der Waals surface area contributed by atoms with Crippen LogP contribution < -0.4 is 11.5 Å². The highest BCUT2D eigenvalue weighted by Crippen LogP contribution is 2.05. The zero-order chi connectivity index (χ0) is 8.43. The Kier molecular flexibility index (Phi) is 1.72. The van der Waals surface area contributed by atoms with Gasteiger partial charge in [0.1, 0.15) is 0 Å². The Morgan fingerprint density at radius 2 is 2.18 bits per heavy atom. The predicted molar refractivity (Wildman–Crippen MR) is 39.7 cm³/mol. The lowest BCUT2D eigenvalue weighted by Crippen LogP contribution is -2.15. The molecule has 0 saturated carbocycles. The maximum atomic E-state index is 10.6. The van der Waals surface area contributed by atoms with E-state index in [4.69, 9.17) is 11.5 Å². The Bertz CT molecular complexity index is 297. The fourth-order valence-electron chi connectivity index (χ4n) is 0.696. The van der Waals surface area contributed by atoms with Gasteiger partial charge in [0.15, 0.2) is 5.82 Å². The minimum Gasteiger partial charge on any atom is -0.382 e. The van der Waals surface area contributed by atoms with Crippen molar-refractivity contribution in [3.05, 3.63) is 17.3 Å². The summed E-state index contributed by atoms with van der Waals surface area (Å²) in [5.74, 6) is -0.511. The number of primary amides is 1. The number of nitrogens with zero attached hydrogens (tertiary/aromatic N) is 2. The van der Waals surface area contributed by atoms with Crippen LogP contribution in [0.5, 0.6) is 0 Å². The van der Waals surface area contributed by atoms with Gasteiger partial charge in [-0.2, -0.15) is 5.10 Å². The molecule has 0 saturated heterocycles. The van der Waals surface area contributed by atoms with E-state index < -0.39 is 5.91 Å². The molecule has 1 heterocycles. The molecule has 0 aliphatic carbocycles. The molecular weight excluding hydrogens is 144 g/mol. The van der Waals surface area contributed by atoms with Crippen molar-refractivity contribution in [3.8, 4) is 0 Å². The summed E-state index contributed by atoms with van der Waals surface area (Å²) in [6.45, 7) is 1.71. The summed E-state index contributed by atoms with van der Waals surface area (Å²) in [7, 11) is 0. The first kappa shape index (κ1) is 7.46. The van der Waals surface area contributed by atoms with Gasteiger partial charge in [-0.3, -0.25) is 4.79 Å². The highest BCUT2D eigenvalue weighted by molar-refractivity contribution is 5.96. The second kappa shape index (κ2) is 2.53. The molecule has 0 aliphatic heterocycles. The number of rotatable bonds is 1. The van der Waals surface area contributed by atoms with Crippen molar-refractivity contribution < 1.29 is 4.79 Å². The van der Waals surface area contributed by atoms with Crippen LogP contribution in [0.15, 0.2) is 6.07 Å². The van der Waals surface area contributed by atoms with Crippen LogP contribution in [0.25, 0.3) is 0 Å². The fourth-order valence-corrected chi connectivity index (χ4v) is 0.696. The molecule has 1 amide bonds. The van der Waals surface area contributed by atoms with Gasteiger partial charge in [-0.15, -0.1) is 5.10 Å². The van der Waals surface area contributed by atoms with Crippen molar-refractivity contribution in [1.29, 1.82) is 0 Å². The van der Waals surface area contributed by atoms with Crippen LogP contribution in [0.3, 0.4) is 0 Å². The van der Waals surface area contributed by atoms with E-state index >= 15 is 0 Å². The molecule has 0 unspecified atom stereocenters. The van der Waals surface area contributed by atoms with E-state index in [0.717, 1.165) is 0 Å². The Labute approximate surface area is 63.4 Å². The van der Waals surface area contributed by atoms with E-state index in [9.17, 15) is 4.79 Å². The average molecular weight is 152 g/mol. The predicted octanol–water partition coefficient (Wildman–Crippen LogP) is -0.534. The standard InChI is InChI=1S/C6H8N4O/c1-3-2-4(6(8)11)5(7)10-9-3/h2H,1H3,(H2,7,10)(H2,8,11). The summed E-state index contributed by atoms with van der Waals surface area (Å²) < 4.78 is 0. The molecule has 0 aromatic carbocycles. The van der Waals surface area contributed by atoms with Crippen molar-refractivity contribution in [2.24, 2.45) is 5.73 Å². The number of aromatic nitrogens is 2. The SMILES string of the molecule is Cc1cc(C(N)=O)c(N)nn1. The molecular formula is C6H8N4O. The molecule has 1 aromatic rings. The highest BCUT2D eigenvalue weighted by Gasteiger charge is 2.06. The molecule has 1 rings (SSSR count). The van der Waals surface area contributed by atoms with Crippen LogP contribution >= 0.6 is 0 Å². The number of nitrogen functional groups attached to an aromatic ring is 1. The lowest BCUT2D eigenvalue weighted by Gasteiger charge is -1.98. The minimum atomic E-state index is -0.583. The van der Waals surface area contributed by atoms with E-state index in [1.165, 1.54) is 6.07 Å². The molecule has 0 radical (unpaired) electrons. The normalized spacial score (nSPS) is 9.55. The van der Waals surface area contributed by atoms with Gasteiger partial charge in [0.25, 0.3) is 5.91 Å². The van der Waals surface area contributed by atoms with Crippen molar-refractivity contribution in [1.82, 2.24) is 10.2 Å². The summed E-state index contributed by atoms with van der Waals surface area (Å²) in [5.41, 5.74) is 11.2. The summed E-state index contributed by atoms with van der Waals surface area (Å²) in [6.07, 6.45) is 0.